The summed E-state index contributed by atoms with van der Waals surface area (Å²) in [5.74, 6) is -0.437. The second kappa shape index (κ2) is 4.77. The van der Waals surface area contributed by atoms with E-state index in [4.69, 9.17) is 23.1 Å². The highest BCUT2D eigenvalue weighted by atomic mass is 79.9. The molecule has 5 heteroatoms. The third-order valence-electron chi connectivity index (χ3n) is 1.78. The minimum Gasteiger partial charge on any atom is -0.370 e. The molecule has 0 aromatic heterocycles. The first kappa shape index (κ1) is 11.5. The van der Waals surface area contributed by atoms with E-state index in [9.17, 15) is 4.79 Å². The minimum atomic E-state index is -0.447. The number of nitrogens with two attached hydrogens (primary N) is 2. The molecule has 0 bridgehead atoms. The van der Waals surface area contributed by atoms with Crippen LogP contribution in [0.15, 0.2) is 22.7 Å². The van der Waals surface area contributed by atoms with Gasteiger partial charge >= 0.3 is 0 Å². The second-order valence-electron chi connectivity index (χ2n) is 2.94. The molecule has 1 aromatic carbocycles. The fourth-order valence-electron chi connectivity index (χ4n) is 1.13. The molecule has 76 valence electrons. The molecule has 0 radical (unpaired) electrons. The van der Waals surface area contributed by atoms with Crippen molar-refractivity contribution in [1.29, 1.82) is 0 Å². The maximum absolute atomic E-state index is 10.7. The summed E-state index contributed by atoms with van der Waals surface area (Å²) in [6.45, 7) is 0. The van der Waals surface area contributed by atoms with Gasteiger partial charge in [-0.3, -0.25) is 4.79 Å². The van der Waals surface area contributed by atoms with E-state index in [-0.39, 0.29) is 6.42 Å². The highest BCUT2D eigenvalue weighted by Crippen LogP contribution is 2.26. The molecule has 0 aliphatic heterocycles. The maximum atomic E-state index is 10.7. The number of carbonyl (C=O) groups excluding carboxylic acids is 1. The third-order valence-corrected chi connectivity index (χ3v) is 2.62. The van der Waals surface area contributed by atoms with Crippen molar-refractivity contribution >= 4 is 33.4 Å². The Bertz CT molecular complexity index is 357. The van der Waals surface area contributed by atoms with Gasteiger partial charge in [-0.2, -0.15) is 0 Å². The van der Waals surface area contributed by atoms with Crippen LogP contribution < -0.4 is 11.5 Å². The van der Waals surface area contributed by atoms with Crippen LogP contribution in [-0.4, -0.2) is 5.91 Å². The number of benzene rings is 1. The van der Waals surface area contributed by atoms with Crippen LogP contribution in [0.4, 0.5) is 0 Å². The standard InChI is InChI=1S/C9H10BrClN2O/c10-5-1-2-7(11)6(3-5)8(12)4-9(13)14/h1-3,8H,4,12H2,(H2,13,14). The highest BCUT2D eigenvalue weighted by Gasteiger charge is 2.12. The summed E-state index contributed by atoms with van der Waals surface area (Å²) in [7, 11) is 0. The van der Waals surface area contributed by atoms with Crippen molar-refractivity contribution in [3.05, 3.63) is 33.3 Å². The fourth-order valence-corrected chi connectivity index (χ4v) is 1.76. The maximum Gasteiger partial charge on any atom is 0.219 e. The second-order valence-corrected chi connectivity index (χ2v) is 4.27. The first-order valence-corrected chi connectivity index (χ1v) is 5.16. The van der Waals surface area contributed by atoms with E-state index in [1.165, 1.54) is 0 Å². The van der Waals surface area contributed by atoms with Crippen molar-refractivity contribution in [2.45, 2.75) is 12.5 Å². The summed E-state index contributed by atoms with van der Waals surface area (Å²) in [6.07, 6.45) is 0.0934. The molecule has 1 aromatic rings. The summed E-state index contributed by atoms with van der Waals surface area (Å²) in [5, 5.41) is 0.543. The van der Waals surface area contributed by atoms with Gasteiger partial charge in [0.25, 0.3) is 0 Å². The lowest BCUT2D eigenvalue weighted by atomic mass is 10.0. The van der Waals surface area contributed by atoms with Crippen LogP contribution in [0.2, 0.25) is 5.02 Å². The summed E-state index contributed by atoms with van der Waals surface area (Å²) >= 11 is 9.22. The van der Waals surface area contributed by atoms with Gasteiger partial charge in [0.1, 0.15) is 0 Å². The molecule has 1 rings (SSSR count). The van der Waals surface area contributed by atoms with E-state index < -0.39 is 11.9 Å². The smallest absolute Gasteiger partial charge is 0.219 e. The molecule has 14 heavy (non-hydrogen) atoms. The van der Waals surface area contributed by atoms with Crippen LogP contribution >= 0.6 is 27.5 Å². The van der Waals surface area contributed by atoms with E-state index >= 15 is 0 Å². The molecular formula is C9H10BrClN2O. The normalized spacial score (nSPS) is 12.5. The van der Waals surface area contributed by atoms with Crippen molar-refractivity contribution in [3.8, 4) is 0 Å². The summed E-state index contributed by atoms with van der Waals surface area (Å²) in [6, 6.07) is 4.87. The van der Waals surface area contributed by atoms with Gasteiger partial charge in [-0.1, -0.05) is 27.5 Å². The Kier molecular flexibility index (Phi) is 3.92. The predicted octanol–water partition coefficient (Wildman–Crippen LogP) is 1.98. The first-order valence-electron chi connectivity index (χ1n) is 3.99. The van der Waals surface area contributed by atoms with E-state index in [0.29, 0.717) is 5.02 Å². The molecular weight excluding hydrogens is 267 g/mol. The molecule has 0 heterocycles. The van der Waals surface area contributed by atoms with Crippen molar-refractivity contribution in [2.24, 2.45) is 11.5 Å². The zero-order chi connectivity index (χ0) is 10.7. The Balaban J connectivity index is 2.93. The fraction of sp³-hybridized carbons (Fsp3) is 0.222. The van der Waals surface area contributed by atoms with Gasteiger partial charge in [-0.05, 0) is 23.8 Å². The Morgan fingerprint density at radius 2 is 2.21 bits per heavy atom. The van der Waals surface area contributed by atoms with Gasteiger partial charge in [0, 0.05) is 22.0 Å². The number of hydrogen-bond acceptors (Lipinski definition) is 2. The molecule has 3 nitrogen and oxygen atoms in total. The van der Waals surface area contributed by atoms with Crippen LogP contribution in [0, 0.1) is 0 Å². The van der Waals surface area contributed by atoms with Crippen molar-refractivity contribution in [3.63, 3.8) is 0 Å². The number of hydrogen-bond donors (Lipinski definition) is 2. The van der Waals surface area contributed by atoms with Gasteiger partial charge in [0.05, 0.1) is 0 Å². The number of primary amides is 1. The number of amides is 1. The third kappa shape index (κ3) is 2.97. The Morgan fingerprint density at radius 1 is 1.57 bits per heavy atom. The van der Waals surface area contributed by atoms with Gasteiger partial charge < -0.3 is 11.5 Å². The number of rotatable bonds is 3. The van der Waals surface area contributed by atoms with Crippen molar-refractivity contribution in [1.82, 2.24) is 0 Å². The first-order chi connectivity index (χ1) is 6.50. The van der Waals surface area contributed by atoms with E-state index in [0.717, 1.165) is 10.0 Å². The monoisotopic (exact) mass is 276 g/mol. The molecule has 4 N–H and O–H groups in total. The molecule has 1 unspecified atom stereocenters. The highest BCUT2D eigenvalue weighted by molar-refractivity contribution is 9.10. The predicted molar refractivity (Wildman–Crippen MR) is 59.9 cm³/mol. The molecule has 0 saturated carbocycles. The van der Waals surface area contributed by atoms with Gasteiger partial charge in [-0.15, -0.1) is 0 Å². The summed E-state index contributed by atoms with van der Waals surface area (Å²) in [5.41, 5.74) is 11.5. The molecule has 0 aliphatic rings. The van der Waals surface area contributed by atoms with Gasteiger partial charge in [-0.25, -0.2) is 0 Å². The quantitative estimate of drug-likeness (QED) is 0.887. The van der Waals surface area contributed by atoms with E-state index in [1.54, 1.807) is 12.1 Å². The lowest BCUT2D eigenvalue weighted by Gasteiger charge is -2.11. The van der Waals surface area contributed by atoms with Crippen molar-refractivity contribution < 1.29 is 4.79 Å². The van der Waals surface area contributed by atoms with Gasteiger partial charge in [0.15, 0.2) is 0 Å². The molecule has 0 saturated heterocycles. The van der Waals surface area contributed by atoms with Gasteiger partial charge in [0.2, 0.25) is 5.91 Å². The van der Waals surface area contributed by atoms with Crippen LogP contribution in [0.25, 0.3) is 0 Å². The summed E-state index contributed by atoms with van der Waals surface area (Å²) < 4.78 is 0.872. The van der Waals surface area contributed by atoms with Crippen LogP contribution in [0.1, 0.15) is 18.0 Å². The van der Waals surface area contributed by atoms with Crippen LogP contribution in [-0.2, 0) is 4.79 Å². The zero-order valence-corrected chi connectivity index (χ0v) is 9.68. The Labute approximate surface area is 95.5 Å². The minimum absolute atomic E-state index is 0.0934. The molecule has 1 atom stereocenters. The zero-order valence-electron chi connectivity index (χ0n) is 7.34. The van der Waals surface area contributed by atoms with Crippen LogP contribution in [0.5, 0.6) is 0 Å². The number of halogens is 2. The lowest BCUT2D eigenvalue weighted by Crippen LogP contribution is -2.20. The number of carbonyl (C=O) groups is 1. The molecule has 0 aliphatic carbocycles. The van der Waals surface area contributed by atoms with Crippen molar-refractivity contribution in [2.75, 3.05) is 0 Å². The molecule has 0 fully saturated rings. The molecule has 0 spiro atoms. The Hall–Kier alpha value is -0.580. The molecule has 1 amide bonds. The topological polar surface area (TPSA) is 69.1 Å². The van der Waals surface area contributed by atoms with E-state index in [1.807, 2.05) is 6.07 Å². The largest absolute Gasteiger partial charge is 0.370 e. The van der Waals surface area contributed by atoms with E-state index in [2.05, 4.69) is 15.9 Å². The average molecular weight is 278 g/mol. The van der Waals surface area contributed by atoms with Crippen LogP contribution in [0.3, 0.4) is 0 Å². The average Bonchev–Trinajstić information content (AvgIpc) is 2.08. The Morgan fingerprint density at radius 3 is 2.79 bits per heavy atom. The lowest BCUT2D eigenvalue weighted by molar-refractivity contribution is -0.118. The SMILES string of the molecule is NC(=O)CC(N)c1cc(Br)ccc1Cl. The summed E-state index contributed by atoms with van der Waals surface area (Å²) in [4.78, 5) is 10.7.